The lowest BCUT2D eigenvalue weighted by Crippen LogP contribution is -2.31. The van der Waals surface area contributed by atoms with Gasteiger partial charge in [0.25, 0.3) is 0 Å². The molecule has 0 rings (SSSR count). The summed E-state index contributed by atoms with van der Waals surface area (Å²) in [5, 5.41) is 20.4. The van der Waals surface area contributed by atoms with E-state index < -0.39 is 12.1 Å². The van der Waals surface area contributed by atoms with Crippen molar-refractivity contribution in [2.24, 2.45) is 0 Å². The average molecular weight is 191 g/mol. The molecule has 0 aromatic heterocycles. The fourth-order valence-electron chi connectivity index (χ4n) is 0.832. The summed E-state index contributed by atoms with van der Waals surface area (Å²) in [6, 6.07) is 0. The van der Waals surface area contributed by atoms with Crippen LogP contribution in [0, 0.1) is 0 Å². The van der Waals surface area contributed by atoms with Crippen molar-refractivity contribution in [3.05, 3.63) is 0 Å². The van der Waals surface area contributed by atoms with Crippen molar-refractivity contribution in [2.45, 2.75) is 19.4 Å². The van der Waals surface area contributed by atoms with E-state index in [1.807, 2.05) is 0 Å². The molecule has 1 atom stereocenters. The summed E-state index contributed by atoms with van der Waals surface area (Å²) < 4.78 is 4.64. The first-order valence-electron chi connectivity index (χ1n) is 4.36. The van der Waals surface area contributed by atoms with Gasteiger partial charge in [-0.3, -0.25) is 4.79 Å². The first-order valence-corrected chi connectivity index (χ1v) is 4.36. The third-order valence-corrected chi connectivity index (χ3v) is 1.38. The molecule has 0 amide bonds. The van der Waals surface area contributed by atoms with E-state index in [1.165, 1.54) is 0 Å². The number of aliphatic hydroxyl groups excluding tert-OH is 2. The zero-order valence-electron chi connectivity index (χ0n) is 7.82. The molecule has 0 aliphatic heterocycles. The zero-order chi connectivity index (χ0) is 10.1. The maximum atomic E-state index is 10.8. The Morgan fingerprint density at radius 2 is 2.31 bits per heavy atom. The predicted molar refractivity (Wildman–Crippen MR) is 47.2 cm³/mol. The standard InChI is InChI=1S/C8H17NO4/c1-2-13-8(12)5-7(11)6-9-3-4-10/h7,9-11H,2-6H2,1H3. The van der Waals surface area contributed by atoms with Gasteiger partial charge in [-0.2, -0.15) is 0 Å². The molecule has 0 saturated carbocycles. The molecule has 0 aromatic carbocycles. The van der Waals surface area contributed by atoms with Crippen LogP contribution in [0.15, 0.2) is 0 Å². The molecule has 3 N–H and O–H groups in total. The molecule has 5 nitrogen and oxygen atoms in total. The lowest BCUT2D eigenvalue weighted by Gasteiger charge is -2.09. The number of esters is 1. The van der Waals surface area contributed by atoms with Gasteiger partial charge in [0.1, 0.15) is 0 Å². The van der Waals surface area contributed by atoms with Gasteiger partial charge in [-0.25, -0.2) is 0 Å². The van der Waals surface area contributed by atoms with Crippen LogP contribution in [0.3, 0.4) is 0 Å². The molecule has 0 heterocycles. The fraction of sp³-hybridized carbons (Fsp3) is 0.875. The van der Waals surface area contributed by atoms with E-state index in [1.54, 1.807) is 6.92 Å². The molecule has 0 aromatic rings. The van der Waals surface area contributed by atoms with E-state index in [4.69, 9.17) is 5.11 Å². The van der Waals surface area contributed by atoms with Crippen LogP contribution in [0.25, 0.3) is 0 Å². The van der Waals surface area contributed by atoms with Crippen molar-refractivity contribution in [2.75, 3.05) is 26.3 Å². The minimum absolute atomic E-state index is 0.00767. The summed E-state index contributed by atoms with van der Waals surface area (Å²) in [6.45, 7) is 2.77. The van der Waals surface area contributed by atoms with Crippen LogP contribution in [-0.4, -0.2) is 48.6 Å². The Hall–Kier alpha value is -0.650. The van der Waals surface area contributed by atoms with Gasteiger partial charge >= 0.3 is 5.97 Å². The normalized spacial score (nSPS) is 12.5. The van der Waals surface area contributed by atoms with Crippen molar-refractivity contribution in [3.63, 3.8) is 0 Å². The van der Waals surface area contributed by atoms with E-state index in [0.29, 0.717) is 19.7 Å². The third kappa shape index (κ3) is 7.70. The molecule has 0 fully saturated rings. The molecule has 78 valence electrons. The highest BCUT2D eigenvalue weighted by Crippen LogP contribution is 1.93. The van der Waals surface area contributed by atoms with E-state index in [-0.39, 0.29) is 13.0 Å². The van der Waals surface area contributed by atoms with Crippen molar-refractivity contribution in [1.29, 1.82) is 0 Å². The largest absolute Gasteiger partial charge is 0.466 e. The molecule has 0 aliphatic carbocycles. The molecule has 1 unspecified atom stereocenters. The van der Waals surface area contributed by atoms with Crippen molar-refractivity contribution in [3.8, 4) is 0 Å². The smallest absolute Gasteiger partial charge is 0.308 e. The summed E-state index contributed by atoms with van der Waals surface area (Å²) >= 11 is 0. The van der Waals surface area contributed by atoms with Gasteiger partial charge in [-0.05, 0) is 6.92 Å². The van der Waals surface area contributed by atoms with Gasteiger partial charge in [0.2, 0.25) is 0 Å². The highest BCUT2D eigenvalue weighted by Gasteiger charge is 2.10. The molecule has 0 aliphatic rings. The summed E-state index contributed by atoms with van der Waals surface area (Å²) in [4.78, 5) is 10.8. The van der Waals surface area contributed by atoms with Gasteiger partial charge < -0.3 is 20.3 Å². The molecule has 0 radical (unpaired) electrons. The Morgan fingerprint density at radius 1 is 1.62 bits per heavy atom. The van der Waals surface area contributed by atoms with E-state index in [9.17, 15) is 9.90 Å². The van der Waals surface area contributed by atoms with Gasteiger partial charge in [0.15, 0.2) is 0 Å². The van der Waals surface area contributed by atoms with Crippen LogP contribution in [-0.2, 0) is 9.53 Å². The quantitative estimate of drug-likeness (QED) is 0.351. The second-order valence-corrected chi connectivity index (χ2v) is 2.59. The van der Waals surface area contributed by atoms with Crippen molar-refractivity contribution >= 4 is 5.97 Å². The Balaban J connectivity index is 3.38. The number of ether oxygens (including phenoxy) is 1. The number of nitrogens with one attached hydrogen (secondary N) is 1. The molecule has 13 heavy (non-hydrogen) atoms. The second kappa shape index (κ2) is 7.97. The monoisotopic (exact) mass is 191 g/mol. The highest BCUT2D eigenvalue weighted by molar-refractivity contribution is 5.69. The minimum atomic E-state index is -0.745. The summed E-state index contributed by atoms with van der Waals surface area (Å²) in [6.07, 6.45) is -0.752. The Kier molecular flexibility index (Phi) is 7.57. The molecular weight excluding hydrogens is 174 g/mol. The fourth-order valence-corrected chi connectivity index (χ4v) is 0.832. The topological polar surface area (TPSA) is 78.8 Å². The van der Waals surface area contributed by atoms with E-state index in [2.05, 4.69) is 10.1 Å². The van der Waals surface area contributed by atoms with E-state index in [0.717, 1.165) is 0 Å². The van der Waals surface area contributed by atoms with Crippen LogP contribution in [0.1, 0.15) is 13.3 Å². The lowest BCUT2D eigenvalue weighted by atomic mass is 10.2. The lowest BCUT2D eigenvalue weighted by molar-refractivity contribution is -0.145. The zero-order valence-corrected chi connectivity index (χ0v) is 7.82. The number of hydrogen-bond acceptors (Lipinski definition) is 5. The third-order valence-electron chi connectivity index (χ3n) is 1.38. The molecule has 0 spiro atoms. The maximum absolute atomic E-state index is 10.8. The second-order valence-electron chi connectivity index (χ2n) is 2.59. The number of aliphatic hydroxyl groups is 2. The number of carbonyl (C=O) groups is 1. The van der Waals surface area contributed by atoms with Crippen LogP contribution in [0.4, 0.5) is 0 Å². The predicted octanol–water partition coefficient (Wildman–Crippen LogP) is -1.12. The minimum Gasteiger partial charge on any atom is -0.466 e. The number of rotatable bonds is 7. The van der Waals surface area contributed by atoms with Gasteiger partial charge in [0, 0.05) is 13.1 Å². The number of carbonyl (C=O) groups excluding carboxylic acids is 1. The highest BCUT2D eigenvalue weighted by atomic mass is 16.5. The van der Waals surface area contributed by atoms with Crippen molar-refractivity contribution < 1.29 is 19.7 Å². The summed E-state index contributed by atoms with van der Waals surface area (Å²) in [5.74, 6) is -0.402. The van der Waals surface area contributed by atoms with Gasteiger partial charge in [0.05, 0.1) is 25.7 Å². The Labute approximate surface area is 77.7 Å². The van der Waals surface area contributed by atoms with Gasteiger partial charge in [-0.15, -0.1) is 0 Å². The van der Waals surface area contributed by atoms with E-state index >= 15 is 0 Å². The average Bonchev–Trinajstić information content (AvgIpc) is 2.05. The van der Waals surface area contributed by atoms with Gasteiger partial charge in [-0.1, -0.05) is 0 Å². The Morgan fingerprint density at radius 3 is 2.85 bits per heavy atom. The van der Waals surface area contributed by atoms with Crippen LogP contribution in [0.2, 0.25) is 0 Å². The molecule has 0 saturated heterocycles. The summed E-state index contributed by atoms with van der Waals surface area (Å²) in [5.41, 5.74) is 0. The SMILES string of the molecule is CCOC(=O)CC(O)CNCCO. The molecule has 5 heteroatoms. The Bertz CT molecular complexity index is 140. The first-order chi connectivity index (χ1) is 6.20. The van der Waals surface area contributed by atoms with Crippen molar-refractivity contribution in [1.82, 2.24) is 5.32 Å². The van der Waals surface area contributed by atoms with Crippen LogP contribution < -0.4 is 5.32 Å². The van der Waals surface area contributed by atoms with Crippen LogP contribution in [0.5, 0.6) is 0 Å². The molecule has 0 bridgehead atoms. The number of hydrogen-bond donors (Lipinski definition) is 3. The summed E-state index contributed by atoms with van der Waals surface area (Å²) in [7, 11) is 0. The molecular formula is C8H17NO4. The van der Waals surface area contributed by atoms with Crippen LogP contribution >= 0.6 is 0 Å². The first kappa shape index (κ1) is 12.3. The maximum Gasteiger partial charge on any atom is 0.308 e.